The first kappa shape index (κ1) is 16.6. The van der Waals surface area contributed by atoms with Crippen LogP contribution in [0, 0.1) is 0 Å². The molecule has 0 saturated heterocycles. The summed E-state index contributed by atoms with van der Waals surface area (Å²) in [5, 5.41) is 0. The molecule has 0 atom stereocenters. The summed E-state index contributed by atoms with van der Waals surface area (Å²) >= 11 is 4.77. The maximum Gasteiger partial charge on any atom is 0.433 e. The van der Waals surface area contributed by atoms with Gasteiger partial charge in [-0.25, -0.2) is 4.98 Å². The van der Waals surface area contributed by atoms with Crippen LogP contribution in [0.2, 0.25) is 0 Å². The predicted molar refractivity (Wildman–Crippen MR) is 73.8 cm³/mol. The first-order valence-corrected chi connectivity index (χ1v) is 6.28. The van der Waals surface area contributed by atoms with Gasteiger partial charge in [-0.3, -0.25) is 0 Å². The van der Waals surface area contributed by atoms with Gasteiger partial charge < -0.3 is 15.4 Å². The van der Waals surface area contributed by atoms with Gasteiger partial charge in [0.2, 0.25) is 5.88 Å². The Hall–Kier alpha value is -1.41. The summed E-state index contributed by atoms with van der Waals surface area (Å²) in [7, 11) is 3.78. The molecule has 1 aromatic rings. The van der Waals surface area contributed by atoms with E-state index >= 15 is 0 Å². The molecule has 0 saturated carbocycles. The Labute approximate surface area is 120 Å². The van der Waals surface area contributed by atoms with Gasteiger partial charge in [-0.05, 0) is 32.6 Å². The second-order valence-corrected chi connectivity index (χ2v) is 4.86. The molecule has 1 heterocycles. The van der Waals surface area contributed by atoms with Gasteiger partial charge in [0.15, 0.2) is 0 Å². The minimum Gasteiger partial charge on any atom is -0.477 e. The second-order valence-electron chi connectivity index (χ2n) is 4.42. The average molecular weight is 307 g/mol. The lowest BCUT2D eigenvalue weighted by atomic mass is 10.2. The number of pyridine rings is 1. The minimum atomic E-state index is -4.53. The number of thiocarbonyl (C=S) groups is 1. The molecule has 1 aromatic heterocycles. The molecule has 0 aliphatic rings. The number of hydrogen-bond donors (Lipinski definition) is 1. The molecule has 0 bridgehead atoms. The summed E-state index contributed by atoms with van der Waals surface area (Å²) in [5.41, 5.74) is 4.63. The quantitative estimate of drug-likeness (QED) is 0.644. The van der Waals surface area contributed by atoms with Crippen molar-refractivity contribution in [3.8, 4) is 5.88 Å². The van der Waals surface area contributed by atoms with E-state index in [9.17, 15) is 13.2 Å². The number of rotatable bonds is 6. The molecule has 8 heteroatoms. The van der Waals surface area contributed by atoms with Crippen LogP contribution in [0.5, 0.6) is 5.88 Å². The molecule has 2 N–H and O–H groups in total. The fourth-order valence-corrected chi connectivity index (χ4v) is 1.60. The van der Waals surface area contributed by atoms with Crippen LogP contribution < -0.4 is 10.5 Å². The SMILES string of the molecule is CN(C)CCCOc1nc(C(F)(F)F)ccc1C(N)=S. The molecule has 0 aliphatic heterocycles. The van der Waals surface area contributed by atoms with Crippen molar-refractivity contribution in [2.75, 3.05) is 27.2 Å². The first-order valence-electron chi connectivity index (χ1n) is 5.87. The van der Waals surface area contributed by atoms with Gasteiger partial charge in [0.25, 0.3) is 0 Å². The highest BCUT2D eigenvalue weighted by atomic mass is 32.1. The molecule has 20 heavy (non-hydrogen) atoms. The van der Waals surface area contributed by atoms with Gasteiger partial charge in [0.1, 0.15) is 10.7 Å². The Morgan fingerprint density at radius 2 is 2.05 bits per heavy atom. The van der Waals surface area contributed by atoms with E-state index in [0.717, 1.165) is 12.6 Å². The normalized spacial score (nSPS) is 11.7. The van der Waals surface area contributed by atoms with Gasteiger partial charge in [-0.1, -0.05) is 12.2 Å². The summed E-state index contributed by atoms with van der Waals surface area (Å²) in [6.07, 6.45) is -3.88. The van der Waals surface area contributed by atoms with Crippen molar-refractivity contribution in [1.82, 2.24) is 9.88 Å². The molecule has 0 aromatic carbocycles. The Kier molecular flexibility index (Phi) is 5.70. The van der Waals surface area contributed by atoms with Crippen molar-refractivity contribution in [1.29, 1.82) is 0 Å². The highest BCUT2D eigenvalue weighted by Crippen LogP contribution is 2.30. The van der Waals surface area contributed by atoms with E-state index in [-0.39, 0.29) is 23.0 Å². The third kappa shape index (κ3) is 4.93. The standard InChI is InChI=1S/C12H16F3N3OS/c1-18(2)6-3-7-19-11-8(10(16)20)4-5-9(17-11)12(13,14)15/h4-5H,3,6-7H2,1-2H3,(H2,16,20). The highest BCUT2D eigenvalue weighted by molar-refractivity contribution is 7.80. The van der Waals surface area contributed by atoms with Gasteiger partial charge in [-0.2, -0.15) is 13.2 Å². The number of aromatic nitrogens is 1. The van der Waals surface area contributed by atoms with Crippen molar-refractivity contribution in [2.24, 2.45) is 5.73 Å². The fourth-order valence-electron chi connectivity index (χ4n) is 1.45. The van der Waals surface area contributed by atoms with Crippen molar-refractivity contribution in [2.45, 2.75) is 12.6 Å². The van der Waals surface area contributed by atoms with Crippen molar-refractivity contribution >= 4 is 17.2 Å². The summed E-state index contributed by atoms with van der Waals surface area (Å²) in [6, 6.07) is 2.01. The minimum absolute atomic E-state index is 0.0474. The lowest BCUT2D eigenvalue weighted by Gasteiger charge is -2.14. The Balaban J connectivity index is 2.87. The molecule has 0 radical (unpaired) electrons. The zero-order chi connectivity index (χ0) is 15.3. The fraction of sp³-hybridized carbons (Fsp3) is 0.500. The lowest BCUT2D eigenvalue weighted by Crippen LogP contribution is -2.18. The zero-order valence-corrected chi connectivity index (χ0v) is 12.0. The molecule has 0 fully saturated rings. The third-order valence-electron chi connectivity index (χ3n) is 2.40. The van der Waals surface area contributed by atoms with E-state index < -0.39 is 11.9 Å². The molecule has 0 aliphatic carbocycles. The van der Waals surface area contributed by atoms with Crippen LogP contribution in [0.1, 0.15) is 17.7 Å². The van der Waals surface area contributed by atoms with E-state index in [1.807, 2.05) is 19.0 Å². The van der Waals surface area contributed by atoms with Crippen molar-refractivity contribution in [3.63, 3.8) is 0 Å². The summed E-state index contributed by atoms with van der Waals surface area (Å²) in [5.74, 6) is -0.175. The predicted octanol–water partition coefficient (Wildman–Crippen LogP) is 2.07. The zero-order valence-electron chi connectivity index (χ0n) is 11.2. The molecular weight excluding hydrogens is 291 g/mol. The van der Waals surface area contributed by atoms with Crippen LogP contribution >= 0.6 is 12.2 Å². The van der Waals surface area contributed by atoms with Gasteiger partial charge in [0, 0.05) is 6.54 Å². The second kappa shape index (κ2) is 6.85. The van der Waals surface area contributed by atoms with Crippen LogP contribution in [0.3, 0.4) is 0 Å². The van der Waals surface area contributed by atoms with Crippen LogP contribution in [0.4, 0.5) is 13.2 Å². The summed E-state index contributed by atoms with van der Waals surface area (Å²) in [6.45, 7) is 0.990. The maximum atomic E-state index is 12.6. The first-order chi connectivity index (χ1) is 9.21. The smallest absolute Gasteiger partial charge is 0.433 e. The lowest BCUT2D eigenvalue weighted by molar-refractivity contribution is -0.141. The molecule has 1 rings (SSSR count). The van der Waals surface area contributed by atoms with E-state index in [4.69, 9.17) is 22.7 Å². The van der Waals surface area contributed by atoms with Gasteiger partial charge >= 0.3 is 6.18 Å². The number of alkyl halides is 3. The van der Waals surface area contributed by atoms with E-state index in [2.05, 4.69) is 4.98 Å². The number of halogens is 3. The van der Waals surface area contributed by atoms with Crippen LogP contribution in [0.25, 0.3) is 0 Å². The largest absolute Gasteiger partial charge is 0.477 e. The van der Waals surface area contributed by atoms with E-state index in [1.165, 1.54) is 6.07 Å². The van der Waals surface area contributed by atoms with E-state index in [1.54, 1.807) is 0 Å². The Bertz CT molecular complexity index is 478. The monoisotopic (exact) mass is 307 g/mol. The number of nitrogens with zero attached hydrogens (tertiary/aromatic N) is 2. The highest BCUT2D eigenvalue weighted by Gasteiger charge is 2.33. The van der Waals surface area contributed by atoms with Crippen molar-refractivity contribution in [3.05, 3.63) is 23.4 Å². The number of hydrogen-bond acceptors (Lipinski definition) is 4. The molecule has 112 valence electrons. The van der Waals surface area contributed by atoms with Crippen LogP contribution in [-0.4, -0.2) is 42.1 Å². The third-order valence-corrected chi connectivity index (χ3v) is 2.62. The summed E-state index contributed by atoms with van der Waals surface area (Å²) < 4.78 is 43.1. The molecule has 4 nitrogen and oxygen atoms in total. The molecule has 0 amide bonds. The van der Waals surface area contributed by atoms with E-state index in [0.29, 0.717) is 6.42 Å². The van der Waals surface area contributed by atoms with Crippen LogP contribution in [-0.2, 0) is 6.18 Å². The summed E-state index contributed by atoms with van der Waals surface area (Å²) in [4.78, 5) is 5.35. The van der Waals surface area contributed by atoms with Gasteiger partial charge in [-0.15, -0.1) is 0 Å². The molecular formula is C12H16F3N3OS. The maximum absolute atomic E-state index is 12.6. The van der Waals surface area contributed by atoms with Crippen molar-refractivity contribution < 1.29 is 17.9 Å². The average Bonchev–Trinajstić information content (AvgIpc) is 2.32. The van der Waals surface area contributed by atoms with Crippen LogP contribution in [0.15, 0.2) is 12.1 Å². The molecule has 0 spiro atoms. The number of ether oxygens (including phenoxy) is 1. The Morgan fingerprint density at radius 1 is 1.40 bits per heavy atom. The Morgan fingerprint density at radius 3 is 2.55 bits per heavy atom. The molecule has 0 unspecified atom stereocenters. The number of nitrogens with two attached hydrogens (primary N) is 1. The topological polar surface area (TPSA) is 51.4 Å². The van der Waals surface area contributed by atoms with Gasteiger partial charge in [0.05, 0.1) is 12.2 Å².